The number of rotatable bonds is 2. The number of hydrogen-bond acceptors (Lipinski definition) is 7. The molecule has 0 unspecified atom stereocenters. The third kappa shape index (κ3) is 1.90. The average molecular weight is 301 g/mol. The molecule has 3 aromatic rings. The number of aromatic nitrogens is 4. The average Bonchev–Trinajstić information content (AvgIpc) is 3.18. The quantitative estimate of drug-likeness (QED) is 0.779. The number of carbonyl (C=O) groups is 1. The largest absolute Gasteiger partial charge is 0.336 e. The van der Waals surface area contributed by atoms with Gasteiger partial charge in [0.25, 0.3) is 11.6 Å². The smallest absolute Gasteiger partial charge is 0.259 e. The number of fused-ring (bicyclic) bond motifs is 2. The Hall–Kier alpha value is -2.35. The second kappa shape index (κ2) is 4.59. The van der Waals surface area contributed by atoms with Crippen LogP contribution in [0.5, 0.6) is 0 Å². The third-order valence-electron chi connectivity index (χ3n) is 3.63. The van der Waals surface area contributed by atoms with Gasteiger partial charge in [-0.3, -0.25) is 10.1 Å². The summed E-state index contributed by atoms with van der Waals surface area (Å²) >= 11 is 1.28. The van der Waals surface area contributed by atoms with Gasteiger partial charge in [-0.15, -0.1) is 10.2 Å². The minimum Gasteiger partial charge on any atom is -0.336 e. The Balaban J connectivity index is 1.90. The lowest BCUT2D eigenvalue weighted by Crippen LogP contribution is -2.15. The number of anilines is 1. The first kappa shape index (κ1) is 12.4. The van der Waals surface area contributed by atoms with Gasteiger partial charge in [0.15, 0.2) is 0 Å². The molecule has 106 valence electrons. The first-order valence-electron chi connectivity index (χ1n) is 6.59. The number of carbonyl (C=O) groups excluding carboxylic acids is 1. The molecule has 21 heavy (non-hydrogen) atoms. The van der Waals surface area contributed by atoms with Crippen LogP contribution < -0.4 is 5.32 Å². The van der Waals surface area contributed by atoms with Crippen LogP contribution in [-0.4, -0.2) is 26.2 Å². The van der Waals surface area contributed by atoms with Gasteiger partial charge >= 0.3 is 0 Å². The highest BCUT2D eigenvalue weighted by Crippen LogP contribution is 2.32. The molecule has 0 saturated carbocycles. The maximum atomic E-state index is 12.7. The van der Waals surface area contributed by atoms with E-state index in [4.69, 9.17) is 4.52 Å². The molecule has 8 heteroatoms. The van der Waals surface area contributed by atoms with E-state index in [0.717, 1.165) is 30.5 Å². The molecule has 1 aliphatic carbocycles. The second-order valence-electron chi connectivity index (χ2n) is 4.91. The summed E-state index contributed by atoms with van der Waals surface area (Å²) in [6, 6.07) is 0. The standard InChI is InChI=1S/C13H11N5O2S/c1-6-9-10(11(19)16-13-17-14-5-21-13)7-3-2-4-8(7)15-12(9)20-18-6/h5H,2-4H2,1H3,(H,16,17,19). The van der Waals surface area contributed by atoms with Crippen molar-refractivity contribution >= 4 is 33.5 Å². The van der Waals surface area contributed by atoms with Crippen LogP contribution in [-0.2, 0) is 12.8 Å². The van der Waals surface area contributed by atoms with Crippen molar-refractivity contribution in [3.63, 3.8) is 0 Å². The zero-order chi connectivity index (χ0) is 14.4. The molecule has 0 fully saturated rings. The molecule has 4 rings (SSSR count). The van der Waals surface area contributed by atoms with Crippen molar-refractivity contribution in [3.8, 4) is 0 Å². The van der Waals surface area contributed by atoms with Crippen LogP contribution in [0.1, 0.15) is 33.7 Å². The number of amides is 1. The summed E-state index contributed by atoms with van der Waals surface area (Å²) in [6.07, 6.45) is 2.71. The van der Waals surface area contributed by atoms with E-state index in [-0.39, 0.29) is 5.91 Å². The molecule has 3 heterocycles. The Morgan fingerprint density at radius 3 is 3.14 bits per heavy atom. The maximum Gasteiger partial charge on any atom is 0.259 e. The number of aryl methyl sites for hydroxylation is 2. The van der Waals surface area contributed by atoms with Crippen molar-refractivity contribution in [2.45, 2.75) is 26.2 Å². The molecule has 3 aromatic heterocycles. The van der Waals surface area contributed by atoms with E-state index in [2.05, 4.69) is 25.7 Å². The highest BCUT2D eigenvalue weighted by Gasteiger charge is 2.27. The molecule has 0 bridgehead atoms. The van der Waals surface area contributed by atoms with Crippen LogP contribution in [0.15, 0.2) is 10.0 Å². The Bertz CT molecular complexity index is 840. The van der Waals surface area contributed by atoms with E-state index in [1.165, 1.54) is 11.3 Å². The van der Waals surface area contributed by atoms with Crippen LogP contribution in [0.3, 0.4) is 0 Å². The van der Waals surface area contributed by atoms with Crippen LogP contribution in [0.2, 0.25) is 0 Å². The van der Waals surface area contributed by atoms with Gasteiger partial charge < -0.3 is 4.52 Å². The first-order chi connectivity index (χ1) is 10.2. The molecule has 0 aromatic carbocycles. The summed E-state index contributed by atoms with van der Waals surface area (Å²) in [5.74, 6) is -0.205. The predicted molar refractivity (Wildman–Crippen MR) is 76.4 cm³/mol. The monoisotopic (exact) mass is 301 g/mol. The van der Waals surface area contributed by atoms with Gasteiger partial charge in [0, 0.05) is 5.69 Å². The molecular weight excluding hydrogens is 290 g/mol. The summed E-state index contributed by atoms with van der Waals surface area (Å²) in [5, 5.41) is 15.5. The number of pyridine rings is 1. The van der Waals surface area contributed by atoms with Gasteiger partial charge in [0.1, 0.15) is 5.51 Å². The van der Waals surface area contributed by atoms with E-state index in [9.17, 15) is 4.79 Å². The summed E-state index contributed by atoms with van der Waals surface area (Å²) in [6.45, 7) is 1.82. The fourth-order valence-corrected chi connectivity index (χ4v) is 3.19. The highest BCUT2D eigenvalue weighted by molar-refractivity contribution is 7.13. The van der Waals surface area contributed by atoms with Gasteiger partial charge in [-0.25, -0.2) is 4.98 Å². The highest BCUT2D eigenvalue weighted by atomic mass is 32.1. The molecular formula is C13H11N5O2S. The molecule has 0 aliphatic heterocycles. The summed E-state index contributed by atoms with van der Waals surface area (Å²) in [5.41, 5.74) is 5.22. The Morgan fingerprint density at radius 2 is 2.33 bits per heavy atom. The zero-order valence-corrected chi connectivity index (χ0v) is 12.0. The normalized spacial score (nSPS) is 13.6. The Labute approximate surface area is 123 Å². The van der Waals surface area contributed by atoms with Gasteiger partial charge in [0.05, 0.1) is 16.6 Å². The number of nitrogens with zero attached hydrogens (tertiary/aromatic N) is 4. The van der Waals surface area contributed by atoms with E-state index in [0.29, 0.717) is 27.5 Å². The van der Waals surface area contributed by atoms with Crippen molar-refractivity contribution in [3.05, 3.63) is 28.0 Å². The van der Waals surface area contributed by atoms with E-state index >= 15 is 0 Å². The van der Waals surface area contributed by atoms with Crippen molar-refractivity contribution < 1.29 is 9.32 Å². The predicted octanol–water partition coefficient (Wildman–Crippen LogP) is 2.12. The molecule has 0 radical (unpaired) electrons. The first-order valence-corrected chi connectivity index (χ1v) is 7.47. The summed E-state index contributed by atoms with van der Waals surface area (Å²) in [4.78, 5) is 17.1. The maximum absolute atomic E-state index is 12.7. The van der Waals surface area contributed by atoms with Crippen molar-refractivity contribution in [1.29, 1.82) is 0 Å². The van der Waals surface area contributed by atoms with Crippen LogP contribution in [0, 0.1) is 6.92 Å². The summed E-state index contributed by atoms with van der Waals surface area (Å²) in [7, 11) is 0. The number of hydrogen-bond donors (Lipinski definition) is 1. The molecule has 1 aliphatic rings. The van der Waals surface area contributed by atoms with Gasteiger partial charge in [-0.05, 0) is 31.7 Å². The molecule has 7 nitrogen and oxygen atoms in total. The van der Waals surface area contributed by atoms with Crippen molar-refractivity contribution in [2.24, 2.45) is 0 Å². The lowest BCUT2D eigenvalue weighted by Gasteiger charge is -2.08. The van der Waals surface area contributed by atoms with E-state index in [1.54, 1.807) is 5.51 Å². The minimum atomic E-state index is -0.205. The van der Waals surface area contributed by atoms with E-state index < -0.39 is 0 Å². The zero-order valence-electron chi connectivity index (χ0n) is 11.2. The second-order valence-corrected chi connectivity index (χ2v) is 5.74. The lowest BCUT2D eigenvalue weighted by molar-refractivity contribution is 0.102. The van der Waals surface area contributed by atoms with Crippen LogP contribution in [0.4, 0.5) is 5.13 Å². The lowest BCUT2D eigenvalue weighted by atomic mass is 10.0. The number of nitrogens with one attached hydrogen (secondary N) is 1. The minimum absolute atomic E-state index is 0.205. The SMILES string of the molecule is Cc1noc2nc3c(c(C(=O)Nc4nncs4)c12)CCC3. The van der Waals surface area contributed by atoms with Crippen LogP contribution >= 0.6 is 11.3 Å². The molecule has 1 N–H and O–H groups in total. The van der Waals surface area contributed by atoms with Gasteiger partial charge in [-0.2, -0.15) is 0 Å². The fraction of sp³-hybridized carbons (Fsp3) is 0.308. The van der Waals surface area contributed by atoms with Crippen molar-refractivity contribution in [1.82, 2.24) is 20.3 Å². The third-order valence-corrected chi connectivity index (χ3v) is 4.24. The van der Waals surface area contributed by atoms with Crippen molar-refractivity contribution in [2.75, 3.05) is 5.32 Å². The molecule has 0 atom stereocenters. The summed E-state index contributed by atoms with van der Waals surface area (Å²) < 4.78 is 5.23. The van der Waals surface area contributed by atoms with Gasteiger partial charge in [-0.1, -0.05) is 16.5 Å². The molecule has 0 spiro atoms. The van der Waals surface area contributed by atoms with E-state index in [1.807, 2.05) is 6.92 Å². The molecule has 0 saturated heterocycles. The Morgan fingerprint density at radius 1 is 1.43 bits per heavy atom. The fourth-order valence-electron chi connectivity index (χ4n) is 2.75. The van der Waals surface area contributed by atoms with Gasteiger partial charge in [0.2, 0.25) is 5.13 Å². The Kier molecular flexibility index (Phi) is 2.71. The molecule has 1 amide bonds. The van der Waals surface area contributed by atoms with Crippen LogP contribution in [0.25, 0.3) is 11.1 Å². The topological polar surface area (TPSA) is 93.8 Å².